The molecule has 7 aromatic carbocycles. The molecule has 9 aromatic rings. The largest absolute Gasteiger partial charge is 0.507 e. The van der Waals surface area contributed by atoms with Crippen molar-refractivity contribution < 1.29 is 5.11 Å². The number of phenolic OH excluding ortho intramolecular Hbond substituents is 1. The molecule has 2 heterocycles. The Morgan fingerprint density at radius 2 is 1.05 bits per heavy atom. The minimum absolute atomic E-state index is 0.149. The second kappa shape index (κ2) is 16.7. The Kier molecular flexibility index (Phi) is 11.2. The Labute approximate surface area is 391 Å². The fourth-order valence-corrected chi connectivity index (χ4v) is 9.09. The van der Waals surface area contributed by atoms with Crippen LogP contribution in [0.25, 0.3) is 83.9 Å². The van der Waals surface area contributed by atoms with Gasteiger partial charge in [-0.3, -0.25) is 9.55 Å². The topological polar surface area (TPSA) is 50.9 Å². The molecule has 0 aliphatic carbocycles. The molecule has 0 amide bonds. The van der Waals surface area contributed by atoms with Crippen molar-refractivity contribution in [2.75, 3.05) is 0 Å². The number of hydrogen-bond acceptors (Lipinski definition) is 3. The second-order valence-electron chi connectivity index (χ2n) is 21.1. The highest BCUT2D eigenvalue weighted by atomic mass is 16.3. The molecule has 66 heavy (non-hydrogen) atoms. The number of nitrogens with zero attached hydrogens (tertiary/aromatic N) is 3. The van der Waals surface area contributed by atoms with Crippen LogP contribution in [0.15, 0.2) is 164 Å². The summed E-state index contributed by atoms with van der Waals surface area (Å²) in [5.41, 5.74) is 19.6. The number of hydrogen-bond donors (Lipinski definition) is 1. The third kappa shape index (κ3) is 8.49. The molecule has 4 nitrogen and oxygen atoms in total. The molecule has 2 aromatic heterocycles. The van der Waals surface area contributed by atoms with E-state index in [1.807, 2.05) is 6.20 Å². The number of rotatable bonds is 7. The molecule has 0 aliphatic rings. The van der Waals surface area contributed by atoms with Gasteiger partial charge >= 0.3 is 0 Å². The molecule has 9 rings (SSSR count). The van der Waals surface area contributed by atoms with E-state index in [0.29, 0.717) is 5.82 Å². The number of aryl methyl sites for hydroxylation is 1. The third-order valence-corrected chi connectivity index (χ3v) is 13.2. The smallest absolute Gasteiger partial charge is 0.149 e. The van der Waals surface area contributed by atoms with Crippen molar-refractivity contribution in [1.82, 2.24) is 14.5 Å². The van der Waals surface area contributed by atoms with E-state index in [1.54, 1.807) is 0 Å². The van der Waals surface area contributed by atoms with E-state index in [-0.39, 0.29) is 22.0 Å². The highest BCUT2D eigenvalue weighted by Gasteiger charge is 2.29. The molecule has 0 saturated heterocycles. The Morgan fingerprint density at radius 1 is 0.455 bits per heavy atom. The van der Waals surface area contributed by atoms with Crippen LogP contribution in [0.2, 0.25) is 0 Å². The first-order valence-electron chi connectivity index (χ1n) is 23.2. The maximum atomic E-state index is 12.5. The van der Waals surface area contributed by atoms with Crippen LogP contribution in [-0.4, -0.2) is 19.6 Å². The van der Waals surface area contributed by atoms with Crippen molar-refractivity contribution in [3.8, 4) is 78.6 Å². The number of aromatic nitrogens is 3. The lowest BCUT2D eigenvalue weighted by molar-refractivity contribution is 0.446. The molecule has 0 radical (unpaired) electrons. The number of benzene rings is 7. The van der Waals surface area contributed by atoms with Crippen LogP contribution in [0, 0.1) is 13.8 Å². The molecule has 0 unspecified atom stereocenters. The Morgan fingerprint density at radius 3 is 1.68 bits per heavy atom. The van der Waals surface area contributed by atoms with Crippen molar-refractivity contribution in [2.24, 2.45) is 0 Å². The summed E-state index contributed by atoms with van der Waals surface area (Å²) in [4.78, 5) is 10.6. The zero-order chi connectivity index (χ0) is 46.7. The van der Waals surface area contributed by atoms with Gasteiger partial charge in [-0.05, 0) is 140 Å². The molecule has 4 heteroatoms. The standard InChI is InChI=1S/C62H61N3O/c1-39-31-50(38-52(40(39)2)44-21-16-13-17-22-44)65-56-24-18-23-51(57(56)64-59(65)53-36-49(61(6,7)8)37-54(58(53)66)62(9,10)11)46-32-47(34-48(33-46)60(3,4)5)55-35-45(29-30-63-55)43-27-25-42(26-28-43)41-19-14-12-15-20-41/h12-38,66H,1-11H3. The fraction of sp³-hybridized carbons (Fsp3) is 0.226. The van der Waals surface area contributed by atoms with E-state index in [4.69, 9.17) is 9.97 Å². The van der Waals surface area contributed by atoms with Gasteiger partial charge in [0.1, 0.15) is 11.6 Å². The zero-order valence-electron chi connectivity index (χ0n) is 40.4. The number of imidazole rings is 1. The van der Waals surface area contributed by atoms with Crippen molar-refractivity contribution in [3.05, 3.63) is 192 Å². The summed E-state index contributed by atoms with van der Waals surface area (Å²) in [6.45, 7) is 24.4. The van der Waals surface area contributed by atoms with Crippen LogP contribution in [0.3, 0.4) is 0 Å². The van der Waals surface area contributed by atoms with Crippen molar-refractivity contribution >= 4 is 11.0 Å². The second-order valence-corrected chi connectivity index (χ2v) is 21.1. The first kappa shape index (κ1) is 44.2. The van der Waals surface area contributed by atoms with E-state index >= 15 is 0 Å². The number of pyridine rings is 1. The molecular formula is C62H61N3O. The molecule has 0 aliphatic heterocycles. The minimum Gasteiger partial charge on any atom is -0.507 e. The normalized spacial score (nSPS) is 12.2. The van der Waals surface area contributed by atoms with Gasteiger partial charge in [0, 0.05) is 28.6 Å². The summed E-state index contributed by atoms with van der Waals surface area (Å²) in [5.74, 6) is 0.965. The van der Waals surface area contributed by atoms with Crippen molar-refractivity contribution in [1.29, 1.82) is 0 Å². The number of phenols is 1. The average Bonchev–Trinajstić information content (AvgIpc) is 3.69. The zero-order valence-corrected chi connectivity index (χ0v) is 40.4. The maximum absolute atomic E-state index is 12.5. The van der Waals surface area contributed by atoms with Crippen LogP contribution >= 0.6 is 0 Å². The molecule has 0 saturated carbocycles. The predicted octanol–water partition coefficient (Wildman–Crippen LogP) is 16.6. The van der Waals surface area contributed by atoms with E-state index in [9.17, 15) is 5.11 Å². The van der Waals surface area contributed by atoms with Crippen LogP contribution in [0.5, 0.6) is 5.75 Å². The Hall–Kier alpha value is -7.04. The van der Waals surface area contributed by atoms with Gasteiger partial charge in [-0.2, -0.15) is 0 Å². The quantitative estimate of drug-likeness (QED) is 0.174. The van der Waals surface area contributed by atoms with Gasteiger partial charge in [0.2, 0.25) is 0 Å². The molecule has 0 fully saturated rings. The molecule has 1 N–H and O–H groups in total. The van der Waals surface area contributed by atoms with Gasteiger partial charge in [-0.15, -0.1) is 0 Å². The molecule has 330 valence electrons. The van der Waals surface area contributed by atoms with Crippen LogP contribution in [-0.2, 0) is 16.2 Å². The summed E-state index contributed by atoms with van der Waals surface area (Å²) < 4.78 is 2.27. The van der Waals surface area contributed by atoms with Gasteiger partial charge in [0.25, 0.3) is 0 Å². The highest BCUT2D eigenvalue weighted by molar-refractivity contribution is 5.97. The van der Waals surface area contributed by atoms with E-state index in [2.05, 4.69) is 238 Å². The minimum atomic E-state index is -0.316. The third-order valence-electron chi connectivity index (χ3n) is 13.2. The monoisotopic (exact) mass is 863 g/mol. The summed E-state index contributed by atoms with van der Waals surface area (Å²) in [6.07, 6.45) is 1.92. The van der Waals surface area contributed by atoms with Crippen molar-refractivity contribution in [3.63, 3.8) is 0 Å². The highest BCUT2D eigenvalue weighted by Crippen LogP contribution is 2.45. The first-order chi connectivity index (χ1) is 31.3. The van der Waals surface area contributed by atoms with Crippen LogP contribution in [0.4, 0.5) is 0 Å². The van der Waals surface area contributed by atoms with E-state index in [0.717, 1.165) is 72.5 Å². The lowest BCUT2D eigenvalue weighted by atomic mass is 9.79. The number of fused-ring (bicyclic) bond motifs is 1. The van der Waals surface area contributed by atoms with Gasteiger partial charge in [-0.25, -0.2) is 4.98 Å². The van der Waals surface area contributed by atoms with Gasteiger partial charge in [-0.1, -0.05) is 172 Å². The average molecular weight is 864 g/mol. The SMILES string of the molecule is Cc1cc(-n2c(-c3cc(C(C)(C)C)cc(C(C)(C)C)c3O)nc3c(-c4cc(-c5cc(-c6ccc(-c7ccccc7)cc6)ccn5)cc(C(C)(C)C)c4)cccc32)cc(-c2ccccc2)c1C. The molecular weight excluding hydrogens is 803 g/mol. The molecule has 0 spiro atoms. The van der Waals surface area contributed by atoms with Crippen molar-refractivity contribution in [2.45, 2.75) is 92.4 Å². The summed E-state index contributed by atoms with van der Waals surface area (Å²) in [5, 5.41) is 12.5. The maximum Gasteiger partial charge on any atom is 0.149 e. The van der Waals surface area contributed by atoms with Gasteiger partial charge < -0.3 is 5.11 Å². The van der Waals surface area contributed by atoms with E-state index < -0.39 is 0 Å². The summed E-state index contributed by atoms with van der Waals surface area (Å²) in [6, 6.07) is 56.5. The van der Waals surface area contributed by atoms with Crippen LogP contribution < -0.4 is 0 Å². The molecule has 0 bridgehead atoms. The first-order valence-corrected chi connectivity index (χ1v) is 23.2. The van der Waals surface area contributed by atoms with Gasteiger partial charge in [0.05, 0.1) is 22.3 Å². The van der Waals surface area contributed by atoms with E-state index in [1.165, 1.54) is 33.4 Å². The lowest BCUT2D eigenvalue weighted by Gasteiger charge is -2.27. The number of aromatic hydroxyl groups is 1. The molecule has 0 atom stereocenters. The van der Waals surface area contributed by atoms with Crippen LogP contribution in [0.1, 0.15) is 90.1 Å². The van der Waals surface area contributed by atoms with Gasteiger partial charge in [0.15, 0.2) is 0 Å². The Bertz CT molecular complexity index is 3250. The Balaban J connectivity index is 1.27. The number of para-hydroxylation sites is 1. The summed E-state index contributed by atoms with van der Waals surface area (Å²) in [7, 11) is 0. The fourth-order valence-electron chi connectivity index (χ4n) is 9.09. The summed E-state index contributed by atoms with van der Waals surface area (Å²) >= 11 is 0. The lowest BCUT2D eigenvalue weighted by Crippen LogP contribution is -2.17. The predicted molar refractivity (Wildman–Crippen MR) is 279 cm³/mol.